The van der Waals surface area contributed by atoms with Crippen LogP contribution in [0, 0.1) is 6.92 Å². The number of ether oxygens (including phenoxy) is 1. The number of urea groups is 1. The average Bonchev–Trinajstić information content (AvgIpc) is 2.89. The number of carbonyl (C=O) groups excluding carboxylic acids is 1. The van der Waals surface area contributed by atoms with Crippen LogP contribution in [0.3, 0.4) is 0 Å². The molecular formula is C30H35N3O3. The van der Waals surface area contributed by atoms with Gasteiger partial charge in [-0.1, -0.05) is 48.5 Å². The van der Waals surface area contributed by atoms with Gasteiger partial charge in [0.05, 0.1) is 13.7 Å². The molecule has 3 atom stereocenters. The number of aryl methyl sites for hydroxylation is 1. The Morgan fingerprint density at radius 2 is 1.72 bits per heavy atom. The molecule has 0 aliphatic carbocycles. The first-order chi connectivity index (χ1) is 17.6. The van der Waals surface area contributed by atoms with Gasteiger partial charge in [0.25, 0.3) is 0 Å². The summed E-state index contributed by atoms with van der Waals surface area (Å²) in [4.78, 5) is 17.5. The molecule has 0 unspecified atom stereocenters. The zero-order valence-electron chi connectivity index (χ0n) is 21.1. The highest BCUT2D eigenvalue weighted by Gasteiger charge is 2.49. The molecule has 2 aliphatic heterocycles. The molecule has 0 aromatic heterocycles. The van der Waals surface area contributed by atoms with Gasteiger partial charge in [-0.3, -0.25) is 4.90 Å². The monoisotopic (exact) mass is 485 g/mol. The Labute approximate surface area is 213 Å². The number of aliphatic hydroxyl groups excluding tert-OH is 1. The van der Waals surface area contributed by atoms with Gasteiger partial charge in [-0.25, -0.2) is 4.79 Å². The summed E-state index contributed by atoms with van der Waals surface area (Å²) in [5.41, 5.74) is 5.68. The third-order valence-electron chi connectivity index (χ3n) is 7.75. The zero-order valence-corrected chi connectivity index (χ0v) is 21.1. The van der Waals surface area contributed by atoms with E-state index < -0.39 is 0 Å². The van der Waals surface area contributed by atoms with Crippen molar-refractivity contribution in [1.29, 1.82) is 0 Å². The second-order valence-corrected chi connectivity index (χ2v) is 9.83. The van der Waals surface area contributed by atoms with Crippen LogP contribution in [0.15, 0.2) is 72.8 Å². The van der Waals surface area contributed by atoms with E-state index in [1.807, 2.05) is 29.2 Å². The first-order valence-corrected chi connectivity index (χ1v) is 12.8. The lowest BCUT2D eigenvalue weighted by Crippen LogP contribution is -2.68. The van der Waals surface area contributed by atoms with Crippen molar-refractivity contribution in [3.05, 3.63) is 83.9 Å². The quantitative estimate of drug-likeness (QED) is 0.526. The van der Waals surface area contributed by atoms with Crippen LogP contribution in [-0.2, 0) is 0 Å². The standard InChI is InChI=1S/C30H35N3O3/c1-21-7-3-4-8-26(21)22-9-11-23(12-10-22)29-27-19-32(17-5-6-18-33(27)28(29)20-34)30(35)31-24-13-15-25(36-2)16-14-24/h3-4,7-16,27-29,34H,5-6,17-20H2,1-2H3,(H,31,35)/t27-,28+,29-/m1/s1. The number of fused-ring (bicyclic) bond motifs is 1. The Bertz CT molecular complexity index is 1180. The van der Waals surface area contributed by atoms with Crippen molar-refractivity contribution in [2.45, 2.75) is 37.8 Å². The van der Waals surface area contributed by atoms with Gasteiger partial charge >= 0.3 is 6.03 Å². The van der Waals surface area contributed by atoms with Crippen molar-refractivity contribution in [2.75, 3.05) is 38.7 Å². The minimum absolute atomic E-state index is 0.0804. The molecule has 2 saturated heterocycles. The van der Waals surface area contributed by atoms with Crippen molar-refractivity contribution in [2.24, 2.45) is 0 Å². The van der Waals surface area contributed by atoms with Gasteiger partial charge in [0.15, 0.2) is 0 Å². The molecular weight excluding hydrogens is 450 g/mol. The minimum atomic E-state index is -0.0804. The van der Waals surface area contributed by atoms with E-state index in [1.54, 1.807) is 7.11 Å². The van der Waals surface area contributed by atoms with Crippen molar-refractivity contribution in [1.82, 2.24) is 9.80 Å². The first-order valence-electron chi connectivity index (χ1n) is 12.8. The number of rotatable bonds is 5. The molecule has 0 spiro atoms. The van der Waals surface area contributed by atoms with Gasteiger partial charge < -0.3 is 20.1 Å². The number of carbonyl (C=O) groups is 1. The van der Waals surface area contributed by atoms with Crippen LogP contribution in [0.1, 0.15) is 29.9 Å². The predicted octanol–water partition coefficient (Wildman–Crippen LogP) is 5.13. The normalized spacial score (nSPS) is 22.1. The maximum Gasteiger partial charge on any atom is 0.321 e. The van der Waals surface area contributed by atoms with Crippen LogP contribution in [0.5, 0.6) is 5.75 Å². The highest BCUT2D eigenvalue weighted by atomic mass is 16.5. The molecule has 6 heteroatoms. The lowest BCUT2D eigenvalue weighted by atomic mass is 9.74. The molecule has 2 aliphatic rings. The summed E-state index contributed by atoms with van der Waals surface area (Å²) in [7, 11) is 1.63. The zero-order chi connectivity index (χ0) is 25.1. The number of hydrogen-bond donors (Lipinski definition) is 2. The topological polar surface area (TPSA) is 65.0 Å². The van der Waals surface area contributed by atoms with Crippen molar-refractivity contribution in [3.63, 3.8) is 0 Å². The predicted molar refractivity (Wildman–Crippen MR) is 144 cm³/mol. The van der Waals surface area contributed by atoms with E-state index in [1.165, 1.54) is 22.3 Å². The van der Waals surface area contributed by atoms with E-state index in [0.717, 1.165) is 37.4 Å². The number of nitrogens with zero attached hydrogens (tertiary/aromatic N) is 2. The highest BCUT2D eigenvalue weighted by Crippen LogP contribution is 2.42. The molecule has 0 radical (unpaired) electrons. The molecule has 5 rings (SSSR count). The molecule has 2 fully saturated rings. The number of benzene rings is 3. The molecule has 0 bridgehead atoms. The van der Waals surface area contributed by atoms with E-state index in [0.29, 0.717) is 6.54 Å². The summed E-state index contributed by atoms with van der Waals surface area (Å²) in [6.45, 7) is 4.59. The summed E-state index contributed by atoms with van der Waals surface area (Å²) in [6.07, 6.45) is 1.96. The van der Waals surface area contributed by atoms with E-state index >= 15 is 0 Å². The molecule has 2 amide bonds. The smallest absolute Gasteiger partial charge is 0.321 e. The molecule has 2 heterocycles. The van der Waals surface area contributed by atoms with Crippen LogP contribution in [0.25, 0.3) is 11.1 Å². The Kier molecular flexibility index (Phi) is 7.25. The maximum atomic E-state index is 13.2. The third kappa shape index (κ3) is 4.84. The fourth-order valence-electron chi connectivity index (χ4n) is 5.78. The van der Waals surface area contributed by atoms with Gasteiger partial charge in [0.2, 0.25) is 0 Å². The van der Waals surface area contributed by atoms with Crippen molar-refractivity contribution < 1.29 is 14.6 Å². The van der Waals surface area contributed by atoms with Crippen LogP contribution >= 0.6 is 0 Å². The number of methoxy groups -OCH3 is 1. The van der Waals surface area contributed by atoms with E-state index in [2.05, 4.69) is 65.7 Å². The Balaban J connectivity index is 1.33. The Hall–Kier alpha value is -3.35. The fraction of sp³-hybridized carbons (Fsp3) is 0.367. The molecule has 3 aromatic carbocycles. The molecule has 36 heavy (non-hydrogen) atoms. The van der Waals surface area contributed by atoms with E-state index in [9.17, 15) is 9.90 Å². The Morgan fingerprint density at radius 3 is 2.42 bits per heavy atom. The highest BCUT2D eigenvalue weighted by molar-refractivity contribution is 5.89. The summed E-state index contributed by atoms with van der Waals surface area (Å²) < 4.78 is 5.22. The molecule has 0 saturated carbocycles. The largest absolute Gasteiger partial charge is 0.497 e. The molecule has 2 N–H and O–H groups in total. The van der Waals surface area contributed by atoms with Gasteiger partial charge in [-0.2, -0.15) is 0 Å². The second kappa shape index (κ2) is 10.7. The number of anilines is 1. The average molecular weight is 486 g/mol. The second-order valence-electron chi connectivity index (χ2n) is 9.83. The number of hydrogen-bond acceptors (Lipinski definition) is 4. The lowest BCUT2D eigenvalue weighted by Gasteiger charge is -2.57. The summed E-state index contributed by atoms with van der Waals surface area (Å²) in [6, 6.07) is 24.8. The third-order valence-corrected chi connectivity index (χ3v) is 7.75. The van der Waals surface area contributed by atoms with E-state index in [4.69, 9.17) is 4.74 Å². The van der Waals surface area contributed by atoms with Crippen LogP contribution < -0.4 is 10.1 Å². The molecule has 6 nitrogen and oxygen atoms in total. The van der Waals surface area contributed by atoms with Crippen molar-refractivity contribution >= 4 is 11.7 Å². The molecule has 188 valence electrons. The van der Waals surface area contributed by atoms with E-state index in [-0.39, 0.29) is 30.6 Å². The van der Waals surface area contributed by atoms with Crippen molar-refractivity contribution in [3.8, 4) is 16.9 Å². The SMILES string of the molecule is COc1ccc(NC(=O)N2CCCCN3[C@H](C2)[C@@H](c2ccc(-c4ccccc4C)cc2)[C@@H]3CO)cc1. The van der Waals surface area contributed by atoms with Crippen LogP contribution in [-0.4, -0.2) is 66.4 Å². The number of nitrogens with one attached hydrogen (secondary N) is 1. The number of aliphatic hydroxyl groups is 1. The van der Waals surface area contributed by atoms with Crippen LogP contribution in [0.4, 0.5) is 10.5 Å². The van der Waals surface area contributed by atoms with Crippen LogP contribution in [0.2, 0.25) is 0 Å². The summed E-state index contributed by atoms with van der Waals surface area (Å²) in [5, 5.41) is 13.3. The summed E-state index contributed by atoms with van der Waals surface area (Å²) in [5.74, 6) is 0.950. The van der Waals surface area contributed by atoms with Gasteiger partial charge in [-0.15, -0.1) is 0 Å². The minimum Gasteiger partial charge on any atom is -0.497 e. The first kappa shape index (κ1) is 24.3. The fourth-order valence-corrected chi connectivity index (χ4v) is 5.78. The Morgan fingerprint density at radius 1 is 1.00 bits per heavy atom. The molecule has 3 aromatic rings. The van der Waals surface area contributed by atoms with Gasteiger partial charge in [0.1, 0.15) is 5.75 Å². The lowest BCUT2D eigenvalue weighted by molar-refractivity contribution is -0.0585. The maximum absolute atomic E-state index is 13.2. The van der Waals surface area contributed by atoms with Gasteiger partial charge in [-0.05, 0) is 72.8 Å². The van der Waals surface area contributed by atoms with Gasteiger partial charge in [0, 0.05) is 36.8 Å². The number of amides is 2. The summed E-state index contributed by atoms with van der Waals surface area (Å²) >= 11 is 0.